The summed E-state index contributed by atoms with van der Waals surface area (Å²) in [4.78, 5) is 33.9. The Labute approximate surface area is 135 Å². The number of aromatic nitrogens is 4. The van der Waals surface area contributed by atoms with E-state index in [1.54, 1.807) is 12.1 Å². The first-order valence-electron chi connectivity index (χ1n) is 6.90. The van der Waals surface area contributed by atoms with E-state index in [1.165, 1.54) is 24.8 Å². The predicted octanol–water partition coefficient (Wildman–Crippen LogP) is 1.54. The third-order valence-electron chi connectivity index (χ3n) is 3.32. The molecule has 3 rings (SSSR count). The van der Waals surface area contributed by atoms with Crippen LogP contribution < -0.4 is 5.73 Å². The average molecular weight is 328 g/mol. The number of hydrogen-bond acceptors (Lipinski definition) is 8. The Morgan fingerprint density at radius 3 is 2.71 bits per heavy atom. The molecular weight excluding hydrogens is 316 g/mol. The number of nitrogens with two attached hydrogens (primary N) is 1. The Hall–Kier alpha value is -3.56. The Morgan fingerprint density at radius 2 is 2.00 bits per heavy atom. The lowest BCUT2D eigenvalue weighted by atomic mass is 10.1. The van der Waals surface area contributed by atoms with Gasteiger partial charge >= 0.3 is 6.09 Å². The van der Waals surface area contributed by atoms with E-state index in [4.69, 9.17) is 10.5 Å². The second-order valence-electron chi connectivity index (χ2n) is 4.83. The molecule has 0 radical (unpaired) electrons. The molecule has 0 bridgehead atoms. The highest BCUT2D eigenvalue weighted by Crippen LogP contribution is 2.15. The summed E-state index contributed by atoms with van der Waals surface area (Å²) < 4.78 is 6.31. The normalized spacial score (nSPS) is 10.7. The lowest BCUT2D eigenvalue weighted by Gasteiger charge is -2.05. The summed E-state index contributed by atoms with van der Waals surface area (Å²) in [5.41, 5.74) is 7.07. The van der Waals surface area contributed by atoms with Crippen LogP contribution in [0.1, 0.15) is 5.56 Å². The van der Waals surface area contributed by atoms with Gasteiger partial charge in [0.05, 0.1) is 11.5 Å². The molecule has 0 saturated heterocycles. The van der Waals surface area contributed by atoms with E-state index in [2.05, 4.69) is 15.0 Å². The number of benzene rings is 1. The zero-order chi connectivity index (χ0) is 17.1. The maximum absolute atomic E-state index is 12.1. The molecular formula is C14H12N6O4. The van der Waals surface area contributed by atoms with E-state index in [0.717, 1.165) is 10.1 Å². The summed E-state index contributed by atoms with van der Waals surface area (Å²) in [5.74, 6) is 0.178. The summed E-state index contributed by atoms with van der Waals surface area (Å²) in [7, 11) is 0. The molecule has 0 atom stereocenters. The summed E-state index contributed by atoms with van der Waals surface area (Å²) in [5, 5.41) is 10.6. The number of fused-ring (bicyclic) bond motifs is 1. The topological polar surface area (TPSA) is 139 Å². The van der Waals surface area contributed by atoms with Crippen molar-refractivity contribution < 1.29 is 14.5 Å². The zero-order valence-electron chi connectivity index (χ0n) is 12.3. The van der Waals surface area contributed by atoms with Crippen molar-refractivity contribution in [1.82, 2.24) is 19.5 Å². The number of nitro groups is 1. The van der Waals surface area contributed by atoms with Gasteiger partial charge in [-0.2, -0.15) is 0 Å². The van der Waals surface area contributed by atoms with Crippen molar-refractivity contribution in [1.29, 1.82) is 0 Å². The first-order chi connectivity index (χ1) is 11.6. The lowest BCUT2D eigenvalue weighted by molar-refractivity contribution is -0.384. The second kappa shape index (κ2) is 6.28. The smallest absolute Gasteiger partial charge is 0.421 e. The van der Waals surface area contributed by atoms with Crippen LogP contribution in [0.15, 0.2) is 36.9 Å². The van der Waals surface area contributed by atoms with Crippen LogP contribution in [0.3, 0.4) is 0 Å². The molecule has 0 amide bonds. The third-order valence-corrected chi connectivity index (χ3v) is 3.32. The second-order valence-corrected chi connectivity index (χ2v) is 4.83. The molecule has 3 aromatic rings. The summed E-state index contributed by atoms with van der Waals surface area (Å²) in [6, 6.07) is 6.04. The summed E-state index contributed by atoms with van der Waals surface area (Å²) in [6.07, 6.45) is 2.29. The van der Waals surface area contributed by atoms with Gasteiger partial charge in [-0.1, -0.05) is 12.1 Å². The van der Waals surface area contributed by atoms with E-state index in [1.807, 2.05) is 0 Å². The van der Waals surface area contributed by atoms with E-state index >= 15 is 0 Å². The van der Waals surface area contributed by atoms with Crippen LogP contribution in [0, 0.1) is 10.1 Å². The molecule has 122 valence electrons. The molecule has 0 fully saturated rings. The summed E-state index contributed by atoms with van der Waals surface area (Å²) >= 11 is 0. The van der Waals surface area contributed by atoms with Crippen LogP contribution in [0.5, 0.6) is 0 Å². The van der Waals surface area contributed by atoms with Gasteiger partial charge in [0.1, 0.15) is 12.7 Å². The van der Waals surface area contributed by atoms with Gasteiger partial charge in [0.15, 0.2) is 17.0 Å². The standard InChI is InChI=1S/C14H12N6O4/c15-12-11-13(17-7-16-12)19(8-18-11)14(21)24-6-5-9-1-3-10(4-2-9)20(22)23/h1-4,7-8H,5-6H2,(H2,15,16,17). The number of ether oxygens (including phenoxy) is 1. The molecule has 1 aromatic carbocycles. The monoisotopic (exact) mass is 328 g/mol. The fourth-order valence-corrected chi connectivity index (χ4v) is 2.10. The van der Waals surface area contributed by atoms with E-state index in [9.17, 15) is 14.9 Å². The molecule has 0 aliphatic rings. The first-order valence-corrected chi connectivity index (χ1v) is 6.90. The van der Waals surface area contributed by atoms with E-state index in [0.29, 0.717) is 11.9 Å². The van der Waals surface area contributed by atoms with Crippen LogP contribution in [-0.4, -0.2) is 37.1 Å². The maximum atomic E-state index is 12.1. The predicted molar refractivity (Wildman–Crippen MR) is 83.3 cm³/mol. The minimum absolute atomic E-state index is 0.0119. The number of non-ortho nitro benzene ring substituents is 1. The van der Waals surface area contributed by atoms with Gasteiger partial charge in [-0.25, -0.2) is 24.3 Å². The number of anilines is 1. The van der Waals surface area contributed by atoms with Crippen molar-refractivity contribution in [3.63, 3.8) is 0 Å². The average Bonchev–Trinajstić information content (AvgIpc) is 3.01. The Balaban J connectivity index is 1.63. The van der Waals surface area contributed by atoms with Gasteiger partial charge in [0, 0.05) is 18.6 Å². The number of imidazole rings is 1. The fraction of sp³-hybridized carbons (Fsp3) is 0.143. The number of nitrogen functional groups attached to an aromatic ring is 1. The molecule has 0 spiro atoms. The molecule has 2 heterocycles. The van der Waals surface area contributed by atoms with Crippen molar-refractivity contribution in [2.24, 2.45) is 0 Å². The van der Waals surface area contributed by atoms with E-state index in [-0.39, 0.29) is 23.8 Å². The highest BCUT2D eigenvalue weighted by molar-refractivity contribution is 5.88. The van der Waals surface area contributed by atoms with Crippen molar-refractivity contribution in [3.8, 4) is 0 Å². The van der Waals surface area contributed by atoms with Gasteiger partial charge in [0.2, 0.25) is 0 Å². The number of carbonyl (C=O) groups is 1. The molecule has 0 aliphatic carbocycles. The van der Waals surface area contributed by atoms with Crippen LogP contribution in [-0.2, 0) is 11.2 Å². The van der Waals surface area contributed by atoms with Crippen molar-refractivity contribution in [3.05, 3.63) is 52.6 Å². The number of hydrogen-bond donors (Lipinski definition) is 1. The number of nitro benzene ring substituents is 1. The van der Waals surface area contributed by atoms with Crippen LogP contribution in [0.25, 0.3) is 11.2 Å². The SMILES string of the molecule is Nc1ncnc2c1ncn2C(=O)OCCc1ccc([N+](=O)[O-])cc1. The Bertz CT molecular complexity index is 905. The minimum Gasteiger partial charge on any atom is -0.448 e. The summed E-state index contributed by atoms with van der Waals surface area (Å²) in [6.45, 7) is 0.108. The maximum Gasteiger partial charge on any atom is 0.421 e. The highest BCUT2D eigenvalue weighted by atomic mass is 16.6. The Morgan fingerprint density at radius 1 is 1.25 bits per heavy atom. The van der Waals surface area contributed by atoms with Crippen LogP contribution in [0.4, 0.5) is 16.3 Å². The van der Waals surface area contributed by atoms with Gasteiger partial charge in [-0.05, 0) is 5.56 Å². The number of rotatable bonds is 4. The molecule has 10 heteroatoms. The zero-order valence-corrected chi connectivity index (χ0v) is 12.3. The Kier molecular flexibility index (Phi) is 4.01. The van der Waals surface area contributed by atoms with Gasteiger partial charge in [0.25, 0.3) is 5.69 Å². The van der Waals surface area contributed by atoms with Gasteiger partial charge in [-0.15, -0.1) is 0 Å². The van der Waals surface area contributed by atoms with Crippen molar-refractivity contribution in [2.75, 3.05) is 12.3 Å². The fourth-order valence-electron chi connectivity index (χ4n) is 2.10. The lowest BCUT2D eigenvalue weighted by Crippen LogP contribution is -2.15. The van der Waals surface area contributed by atoms with Crippen LogP contribution >= 0.6 is 0 Å². The van der Waals surface area contributed by atoms with Gasteiger partial charge in [-0.3, -0.25) is 10.1 Å². The molecule has 0 saturated carbocycles. The number of carbonyl (C=O) groups excluding carboxylic acids is 1. The van der Waals surface area contributed by atoms with Crippen molar-refractivity contribution in [2.45, 2.75) is 6.42 Å². The third kappa shape index (κ3) is 2.97. The molecule has 10 nitrogen and oxygen atoms in total. The molecule has 0 aliphatic heterocycles. The van der Waals surface area contributed by atoms with Gasteiger partial charge < -0.3 is 10.5 Å². The van der Waals surface area contributed by atoms with Crippen molar-refractivity contribution >= 4 is 28.8 Å². The molecule has 2 N–H and O–H groups in total. The van der Waals surface area contributed by atoms with E-state index < -0.39 is 11.0 Å². The highest BCUT2D eigenvalue weighted by Gasteiger charge is 2.14. The molecule has 0 unspecified atom stereocenters. The molecule has 24 heavy (non-hydrogen) atoms. The van der Waals surface area contributed by atoms with Crippen LogP contribution in [0.2, 0.25) is 0 Å². The molecule has 2 aromatic heterocycles. The largest absolute Gasteiger partial charge is 0.448 e. The first kappa shape index (κ1) is 15.3. The number of nitrogens with zero attached hydrogens (tertiary/aromatic N) is 5. The minimum atomic E-state index is -0.641. The quantitative estimate of drug-likeness (QED) is 0.562.